The van der Waals surface area contributed by atoms with Crippen molar-refractivity contribution in [1.29, 1.82) is 0 Å². The average Bonchev–Trinajstić information content (AvgIpc) is 1.85. The first-order valence-corrected chi connectivity index (χ1v) is 2.99. The third-order valence-electron chi connectivity index (χ3n) is 0.639. The summed E-state index contributed by atoms with van der Waals surface area (Å²) in [4.78, 5) is 14.6. The van der Waals surface area contributed by atoms with Gasteiger partial charge in [-0.25, -0.2) is 4.79 Å². The molecule has 50 valence electrons. The Hall–Kier alpha value is -0.730. The summed E-state index contributed by atoms with van der Waals surface area (Å²) in [6, 6.07) is 0. The van der Waals surface area contributed by atoms with Gasteiger partial charge in [-0.2, -0.15) is 0 Å². The van der Waals surface area contributed by atoms with E-state index in [1.807, 2.05) is 12.1 Å². The fourth-order valence-corrected chi connectivity index (χ4v) is 0.357. The predicted octanol–water partition coefficient (Wildman–Crippen LogP) is 1.35. The van der Waals surface area contributed by atoms with Crippen molar-refractivity contribution in [1.82, 2.24) is 0 Å². The van der Waals surface area contributed by atoms with E-state index in [1.54, 1.807) is 0 Å². The van der Waals surface area contributed by atoms with Gasteiger partial charge in [-0.1, -0.05) is 6.92 Å². The van der Waals surface area contributed by atoms with Crippen LogP contribution in [0.25, 0.3) is 0 Å². The van der Waals surface area contributed by atoms with Gasteiger partial charge in [0.15, 0.2) is 0 Å². The van der Waals surface area contributed by atoms with Gasteiger partial charge in [-0.3, -0.25) is 0 Å². The van der Waals surface area contributed by atoms with Crippen LogP contribution in [0.4, 0.5) is 0 Å². The molecular weight excluding hydrogens is 138 g/mol. The first-order chi connectivity index (χ1) is 4.31. The number of carbonyl (C=O) groups is 1. The van der Waals surface area contributed by atoms with Gasteiger partial charge in [0.1, 0.15) is 5.16 Å². The Morgan fingerprint density at radius 3 is 3.00 bits per heavy atom. The van der Waals surface area contributed by atoms with E-state index < -0.39 is 0 Å². The van der Waals surface area contributed by atoms with Crippen molar-refractivity contribution >= 4 is 23.3 Å². The largest absolute Gasteiger partial charge is 0.335 e. The summed E-state index contributed by atoms with van der Waals surface area (Å²) in [5, 5.41) is 4.93. The topological polar surface area (TPSA) is 38.7 Å². The lowest BCUT2D eigenvalue weighted by Gasteiger charge is -1.89. The number of hydrogen-bond acceptors (Lipinski definition) is 4. The highest BCUT2D eigenvalue weighted by atomic mass is 32.1. The van der Waals surface area contributed by atoms with Gasteiger partial charge in [-0.15, -0.1) is 0 Å². The molecule has 0 spiro atoms. The molecule has 3 nitrogen and oxygen atoms in total. The smallest absolute Gasteiger partial charge is 0.309 e. The molecule has 0 aromatic heterocycles. The van der Waals surface area contributed by atoms with E-state index in [0.717, 1.165) is 6.42 Å². The molecule has 0 heterocycles. The Balaban J connectivity index is 3.38. The summed E-state index contributed by atoms with van der Waals surface area (Å²) in [6.07, 6.45) is 1.13. The average molecular weight is 145 g/mol. The van der Waals surface area contributed by atoms with Crippen molar-refractivity contribution < 1.29 is 9.63 Å². The second-order valence-electron chi connectivity index (χ2n) is 1.40. The zero-order chi connectivity index (χ0) is 7.11. The molecule has 0 aliphatic heterocycles. The van der Waals surface area contributed by atoms with Gasteiger partial charge in [0, 0.05) is 6.42 Å². The predicted molar refractivity (Wildman–Crippen MR) is 36.0 cm³/mol. The van der Waals surface area contributed by atoms with Gasteiger partial charge in [0.25, 0.3) is 0 Å². The minimum absolute atomic E-state index is 0.366. The molecule has 0 fully saturated rings. The Labute approximate surface area is 58.7 Å². The Kier molecular flexibility index (Phi) is 4.97. The van der Waals surface area contributed by atoms with Crippen molar-refractivity contribution in [2.75, 3.05) is 0 Å². The molecule has 0 rings (SSSR count). The van der Waals surface area contributed by atoms with Crippen molar-refractivity contribution in [3.05, 3.63) is 0 Å². The lowest BCUT2D eigenvalue weighted by atomic mass is 10.3. The first kappa shape index (κ1) is 8.27. The summed E-state index contributed by atoms with van der Waals surface area (Å²) in [6.45, 7) is 1.88. The molecule has 0 saturated heterocycles. The maximum Gasteiger partial charge on any atom is 0.335 e. The van der Waals surface area contributed by atoms with Crippen LogP contribution in [0.1, 0.15) is 19.8 Å². The molecule has 0 bridgehead atoms. The molecule has 0 N–H and O–H groups in total. The summed E-state index contributed by atoms with van der Waals surface area (Å²) in [7, 11) is 0. The molecule has 0 aliphatic rings. The number of isothiocyanates is 1. The molecule has 0 amide bonds. The fourth-order valence-electron chi connectivity index (χ4n) is 0.319. The van der Waals surface area contributed by atoms with Crippen LogP contribution in [-0.2, 0) is 9.63 Å². The Morgan fingerprint density at radius 1 is 1.89 bits per heavy atom. The van der Waals surface area contributed by atoms with Gasteiger partial charge < -0.3 is 4.84 Å². The minimum atomic E-state index is -0.366. The highest BCUT2D eigenvalue weighted by molar-refractivity contribution is 7.78. The number of nitrogens with zero attached hydrogens (tertiary/aromatic N) is 1. The lowest BCUT2D eigenvalue weighted by Crippen LogP contribution is -1.96. The maximum atomic E-state index is 10.4. The van der Waals surface area contributed by atoms with Crippen LogP contribution in [-0.4, -0.2) is 11.1 Å². The van der Waals surface area contributed by atoms with Crippen LogP contribution in [0.2, 0.25) is 0 Å². The van der Waals surface area contributed by atoms with Crippen molar-refractivity contribution in [2.24, 2.45) is 5.16 Å². The van der Waals surface area contributed by atoms with Gasteiger partial charge in [0.2, 0.25) is 0 Å². The minimum Gasteiger partial charge on any atom is -0.309 e. The molecule has 0 unspecified atom stereocenters. The second kappa shape index (κ2) is 5.41. The molecule has 0 radical (unpaired) electrons. The van der Waals surface area contributed by atoms with Gasteiger partial charge >= 0.3 is 5.97 Å². The van der Waals surface area contributed by atoms with E-state index in [9.17, 15) is 4.79 Å². The second-order valence-corrected chi connectivity index (χ2v) is 1.58. The lowest BCUT2D eigenvalue weighted by molar-refractivity contribution is -0.143. The van der Waals surface area contributed by atoms with E-state index in [1.165, 1.54) is 0 Å². The highest BCUT2D eigenvalue weighted by Gasteiger charge is 1.96. The molecule has 0 atom stereocenters. The van der Waals surface area contributed by atoms with Gasteiger partial charge in [0.05, 0.1) is 0 Å². The molecule has 0 aromatic rings. The summed E-state index contributed by atoms with van der Waals surface area (Å²) in [5.41, 5.74) is 0. The SMILES string of the molecule is CCCC(=O)ON=C=S. The fraction of sp³-hybridized carbons (Fsp3) is 0.600. The molecule has 4 heteroatoms. The molecule has 0 aromatic carbocycles. The Bertz CT molecular complexity index is 140. The van der Waals surface area contributed by atoms with E-state index in [2.05, 4.69) is 22.2 Å². The summed E-state index contributed by atoms with van der Waals surface area (Å²) < 4.78 is 0. The third-order valence-corrected chi connectivity index (χ3v) is 0.713. The van der Waals surface area contributed by atoms with Crippen molar-refractivity contribution in [3.63, 3.8) is 0 Å². The number of thiocarbonyl (C=S) groups is 1. The number of carbonyl (C=O) groups excluding carboxylic acids is 1. The molecule has 9 heavy (non-hydrogen) atoms. The van der Waals surface area contributed by atoms with Crippen LogP contribution in [0.3, 0.4) is 0 Å². The van der Waals surface area contributed by atoms with E-state index in [0.29, 0.717) is 6.42 Å². The monoisotopic (exact) mass is 145 g/mol. The van der Waals surface area contributed by atoms with Crippen LogP contribution in [0.15, 0.2) is 5.16 Å². The van der Waals surface area contributed by atoms with E-state index in [-0.39, 0.29) is 5.97 Å². The standard InChI is InChI=1S/C5H7NO2S/c1-2-3-5(7)8-6-4-9/h2-3H2,1H3. The van der Waals surface area contributed by atoms with E-state index >= 15 is 0 Å². The van der Waals surface area contributed by atoms with Gasteiger partial charge in [-0.05, 0) is 23.8 Å². The zero-order valence-corrected chi connectivity index (χ0v) is 5.90. The number of hydrogen-bond donors (Lipinski definition) is 0. The molecule has 0 saturated carbocycles. The molecule has 0 aliphatic carbocycles. The quantitative estimate of drug-likeness (QED) is 0.260. The van der Waals surface area contributed by atoms with E-state index in [4.69, 9.17) is 0 Å². The van der Waals surface area contributed by atoms with Crippen LogP contribution in [0, 0.1) is 0 Å². The normalized spacial score (nSPS) is 7.67. The highest BCUT2D eigenvalue weighted by Crippen LogP contribution is 1.89. The zero-order valence-electron chi connectivity index (χ0n) is 5.09. The third kappa shape index (κ3) is 5.14. The molecular formula is C5H7NO2S. The summed E-state index contributed by atoms with van der Waals surface area (Å²) in [5.74, 6) is -0.366. The Morgan fingerprint density at radius 2 is 2.56 bits per heavy atom. The van der Waals surface area contributed by atoms with Crippen LogP contribution >= 0.6 is 12.2 Å². The van der Waals surface area contributed by atoms with Crippen molar-refractivity contribution in [2.45, 2.75) is 19.8 Å². The van der Waals surface area contributed by atoms with Crippen LogP contribution < -0.4 is 0 Å². The van der Waals surface area contributed by atoms with Crippen LogP contribution in [0.5, 0.6) is 0 Å². The maximum absolute atomic E-state index is 10.4. The summed E-state index contributed by atoms with van der Waals surface area (Å²) >= 11 is 4.16. The van der Waals surface area contributed by atoms with Crippen molar-refractivity contribution in [3.8, 4) is 0 Å². The number of rotatable bonds is 3. The first-order valence-electron chi connectivity index (χ1n) is 2.58.